The molecular weight excluding hydrogens is 256 g/mol. The average Bonchev–Trinajstić information content (AvgIpc) is 2.92. The van der Waals surface area contributed by atoms with Crippen LogP contribution in [0.2, 0.25) is 0 Å². The van der Waals surface area contributed by atoms with Crippen molar-refractivity contribution in [3.05, 3.63) is 0 Å². The van der Waals surface area contributed by atoms with E-state index in [9.17, 15) is 4.79 Å². The molecule has 4 atom stereocenters. The van der Waals surface area contributed by atoms with Gasteiger partial charge in [-0.05, 0) is 31.6 Å². The van der Waals surface area contributed by atoms with E-state index in [1.807, 2.05) is 11.8 Å². The molecule has 2 saturated heterocycles. The Labute approximate surface area is 122 Å². The number of carbonyl (C=O) groups excluding carboxylic acids is 1. The zero-order chi connectivity index (χ0) is 14.5. The second-order valence-electron chi connectivity index (χ2n) is 6.36. The molecule has 5 heteroatoms. The molecule has 116 valence electrons. The van der Waals surface area contributed by atoms with Gasteiger partial charge in [-0.3, -0.25) is 0 Å². The van der Waals surface area contributed by atoms with Crippen molar-refractivity contribution < 1.29 is 14.3 Å². The van der Waals surface area contributed by atoms with Crippen LogP contribution in [0.15, 0.2) is 0 Å². The molecule has 1 N–H and O–H groups in total. The summed E-state index contributed by atoms with van der Waals surface area (Å²) in [5.74, 6) is 1.29. The normalized spacial score (nSPS) is 32.1. The van der Waals surface area contributed by atoms with Gasteiger partial charge >= 0.3 is 6.03 Å². The van der Waals surface area contributed by atoms with Gasteiger partial charge < -0.3 is 19.7 Å². The molecule has 5 nitrogen and oxygen atoms in total. The van der Waals surface area contributed by atoms with Gasteiger partial charge in [0.2, 0.25) is 0 Å². The standard InChI is InChI=1S/C15H28N2O3/c1-11-4-6-17(8-12(11)2)15(18)16-13(3)9-20-14-5-7-19-10-14/h11-14H,4-10H2,1-3H3,(H,16,18)/t11-,12+,13-,14-/m1/s1. The second kappa shape index (κ2) is 7.27. The number of hydrogen-bond donors (Lipinski definition) is 1. The monoisotopic (exact) mass is 284 g/mol. The highest BCUT2D eigenvalue weighted by molar-refractivity contribution is 5.74. The summed E-state index contributed by atoms with van der Waals surface area (Å²) in [6, 6.07) is 0.0836. The third-order valence-corrected chi connectivity index (χ3v) is 4.46. The fraction of sp³-hybridized carbons (Fsp3) is 0.933. The molecule has 20 heavy (non-hydrogen) atoms. The van der Waals surface area contributed by atoms with Crippen LogP contribution in [0.1, 0.15) is 33.6 Å². The van der Waals surface area contributed by atoms with Gasteiger partial charge in [0.05, 0.1) is 25.4 Å². The smallest absolute Gasteiger partial charge is 0.317 e. The van der Waals surface area contributed by atoms with Gasteiger partial charge in [-0.15, -0.1) is 0 Å². The molecule has 0 aromatic rings. The van der Waals surface area contributed by atoms with Gasteiger partial charge in [0.25, 0.3) is 0 Å². The predicted octanol–water partition coefficient (Wildman–Crippen LogP) is 1.87. The first-order chi connectivity index (χ1) is 9.56. The van der Waals surface area contributed by atoms with Gasteiger partial charge in [0.15, 0.2) is 0 Å². The van der Waals surface area contributed by atoms with E-state index in [1.165, 1.54) is 0 Å². The number of carbonyl (C=O) groups is 1. The number of ether oxygens (including phenoxy) is 2. The Hall–Kier alpha value is -0.810. The van der Waals surface area contributed by atoms with Crippen molar-refractivity contribution in [2.75, 3.05) is 32.9 Å². The summed E-state index contributed by atoms with van der Waals surface area (Å²) in [7, 11) is 0. The van der Waals surface area contributed by atoms with Crippen LogP contribution in [0, 0.1) is 11.8 Å². The highest BCUT2D eigenvalue weighted by Gasteiger charge is 2.26. The lowest BCUT2D eigenvalue weighted by Gasteiger charge is -2.35. The Balaban J connectivity index is 1.67. The zero-order valence-corrected chi connectivity index (χ0v) is 12.9. The maximum atomic E-state index is 12.2. The minimum absolute atomic E-state index is 0.0396. The van der Waals surface area contributed by atoms with E-state index in [0.717, 1.165) is 32.5 Å². The fourth-order valence-electron chi connectivity index (χ4n) is 2.72. The molecule has 0 bridgehead atoms. The maximum Gasteiger partial charge on any atom is 0.317 e. The summed E-state index contributed by atoms with van der Waals surface area (Å²) in [6.45, 7) is 10.2. The van der Waals surface area contributed by atoms with Crippen LogP contribution in [0.5, 0.6) is 0 Å². The lowest BCUT2D eigenvalue weighted by molar-refractivity contribution is 0.0325. The van der Waals surface area contributed by atoms with Crippen LogP contribution in [0.4, 0.5) is 4.79 Å². The summed E-state index contributed by atoms with van der Waals surface area (Å²) in [5.41, 5.74) is 0. The average molecular weight is 284 g/mol. The van der Waals surface area contributed by atoms with Crippen LogP contribution in [-0.4, -0.2) is 56.0 Å². The Kier molecular flexibility index (Phi) is 5.66. The van der Waals surface area contributed by atoms with Gasteiger partial charge in [0.1, 0.15) is 0 Å². The maximum absolute atomic E-state index is 12.2. The molecule has 0 aromatic carbocycles. The molecule has 2 amide bonds. The molecule has 2 rings (SSSR count). The van der Waals surface area contributed by atoms with Gasteiger partial charge in [-0.1, -0.05) is 13.8 Å². The topological polar surface area (TPSA) is 50.8 Å². The summed E-state index contributed by atoms with van der Waals surface area (Å²) in [5, 5.41) is 3.03. The summed E-state index contributed by atoms with van der Waals surface area (Å²) >= 11 is 0. The molecule has 0 radical (unpaired) electrons. The Morgan fingerprint density at radius 3 is 2.85 bits per heavy atom. The van der Waals surface area contributed by atoms with E-state index < -0.39 is 0 Å². The summed E-state index contributed by atoms with van der Waals surface area (Å²) in [6.07, 6.45) is 2.26. The van der Waals surface area contributed by atoms with E-state index >= 15 is 0 Å². The van der Waals surface area contributed by atoms with Crippen molar-refractivity contribution >= 4 is 6.03 Å². The quantitative estimate of drug-likeness (QED) is 0.857. The van der Waals surface area contributed by atoms with Gasteiger partial charge in [-0.25, -0.2) is 4.79 Å². The Bertz CT molecular complexity index is 318. The van der Waals surface area contributed by atoms with E-state index in [4.69, 9.17) is 9.47 Å². The lowest BCUT2D eigenvalue weighted by Crippen LogP contribution is -2.50. The number of likely N-dealkylation sites (tertiary alicyclic amines) is 1. The molecule has 2 aliphatic heterocycles. The number of amides is 2. The molecule has 0 saturated carbocycles. The first kappa shape index (κ1) is 15.6. The number of rotatable bonds is 4. The number of nitrogens with zero attached hydrogens (tertiary/aromatic N) is 1. The minimum Gasteiger partial charge on any atom is -0.379 e. The minimum atomic E-state index is 0.0396. The predicted molar refractivity (Wildman–Crippen MR) is 77.7 cm³/mol. The molecule has 0 unspecified atom stereocenters. The molecular formula is C15H28N2O3. The fourth-order valence-corrected chi connectivity index (χ4v) is 2.72. The summed E-state index contributed by atoms with van der Waals surface area (Å²) in [4.78, 5) is 14.1. The number of urea groups is 1. The van der Waals surface area contributed by atoms with Crippen molar-refractivity contribution in [2.45, 2.75) is 45.8 Å². The van der Waals surface area contributed by atoms with Crippen molar-refractivity contribution in [3.8, 4) is 0 Å². The van der Waals surface area contributed by atoms with Gasteiger partial charge in [0, 0.05) is 19.7 Å². The largest absolute Gasteiger partial charge is 0.379 e. The first-order valence-corrected chi connectivity index (χ1v) is 7.81. The molecule has 0 aromatic heterocycles. The van der Waals surface area contributed by atoms with Crippen LogP contribution < -0.4 is 5.32 Å². The zero-order valence-electron chi connectivity index (χ0n) is 12.9. The molecule has 0 aliphatic carbocycles. The van der Waals surface area contributed by atoms with Crippen LogP contribution in [0.25, 0.3) is 0 Å². The highest BCUT2D eigenvalue weighted by atomic mass is 16.5. The number of hydrogen-bond acceptors (Lipinski definition) is 3. The number of piperidine rings is 1. The molecule has 2 heterocycles. The summed E-state index contributed by atoms with van der Waals surface area (Å²) < 4.78 is 11.0. The Morgan fingerprint density at radius 1 is 1.40 bits per heavy atom. The van der Waals surface area contributed by atoms with E-state index in [-0.39, 0.29) is 18.2 Å². The van der Waals surface area contributed by atoms with Crippen molar-refractivity contribution in [3.63, 3.8) is 0 Å². The first-order valence-electron chi connectivity index (χ1n) is 7.81. The van der Waals surface area contributed by atoms with Crippen LogP contribution >= 0.6 is 0 Å². The van der Waals surface area contributed by atoms with E-state index in [2.05, 4.69) is 19.2 Å². The van der Waals surface area contributed by atoms with Crippen molar-refractivity contribution in [2.24, 2.45) is 11.8 Å². The molecule has 2 fully saturated rings. The van der Waals surface area contributed by atoms with E-state index in [1.54, 1.807) is 0 Å². The van der Waals surface area contributed by atoms with E-state index in [0.29, 0.717) is 25.0 Å². The third-order valence-electron chi connectivity index (χ3n) is 4.46. The highest BCUT2D eigenvalue weighted by Crippen LogP contribution is 2.22. The SMILES string of the molecule is C[C@H](CO[C@@H]1CCOC1)NC(=O)N1CC[C@@H](C)[C@@H](C)C1. The second-order valence-corrected chi connectivity index (χ2v) is 6.36. The van der Waals surface area contributed by atoms with Crippen LogP contribution in [0.3, 0.4) is 0 Å². The molecule has 0 spiro atoms. The van der Waals surface area contributed by atoms with Crippen molar-refractivity contribution in [1.29, 1.82) is 0 Å². The molecule has 2 aliphatic rings. The van der Waals surface area contributed by atoms with Gasteiger partial charge in [-0.2, -0.15) is 0 Å². The Morgan fingerprint density at radius 2 is 2.20 bits per heavy atom. The van der Waals surface area contributed by atoms with Crippen LogP contribution in [-0.2, 0) is 9.47 Å². The number of nitrogens with one attached hydrogen (secondary N) is 1. The lowest BCUT2D eigenvalue weighted by atomic mass is 9.89. The third kappa shape index (κ3) is 4.35. The van der Waals surface area contributed by atoms with Crippen molar-refractivity contribution in [1.82, 2.24) is 10.2 Å².